The van der Waals surface area contributed by atoms with Crippen LogP contribution in [-0.4, -0.2) is 38.5 Å². The van der Waals surface area contributed by atoms with Crippen LogP contribution in [0.15, 0.2) is 53.2 Å². The molecule has 0 bridgehead atoms. The van der Waals surface area contributed by atoms with Gasteiger partial charge in [0, 0.05) is 5.56 Å². The Kier molecular flexibility index (Phi) is 8.61. The van der Waals surface area contributed by atoms with Crippen LogP contribution >= 0.6 is 0 Å². The molecule has 0 N–H and O–H groups in total. The number of alkyl halides is 3. The van der Waals surface area contributed by atoms with Gasteiger partial charge in [0.2, 0.25) is 0 Å². The van der Waals surface area contributed by atoms with Gasteiger partial charge in [0.1, 0.15) is 11.5 Å². The molecule has 0 fully saturated rings. The van der Waals surface area contributed by atoms with Gasteiger partial charge in [0.15, 0.2) is 0 Å². The molecule has 0 unspecified atom stereocenters. The number of rotatable bonds is 8. The van der Waals surface area contributed by atoms with E-state index in [4.69, 9.17) is 19.0 Å². The Morgan fingerprint density at radius 1 is 1.03 bits per heavy atom. The Labute approximate surface area is 188 Å². The Hall–Kier alpha value is -3.82. The summed E-state index contributed by atoms with van der Waals surface area (Å²) >= 11 is 0. The summed E-state index contributed by atoms with van der Waals surface area (Å²) in [4.78, 5) is 29.5. The van der Waals surface area contributed by atoms with Crippen LogP contribution in [0.4, 0.5) is 13.2 Å². The summed E-state index contributed by atoms with van der Waals surface area (Å²) in [5, 5.41) is 3.67. The molecule has 0 saturated carbocycles. The minimum Gasteiger partial charge on any atom is -0.497 e. The molecule has 2 rings (SSSR count). The summed E-state index contributed by atoms with van der Waals surface area (Å²) in [7, 11) is 2.94. The van der Waals surface area contributed by atoms with Gasteiger partial charge < -0.3 is 19.0 Å². The van der Waals surface area contributed by atoms with Crippen molar-refractivity contribution >= 4 is 23.7 Å². The number of methoxy groups -OCH3 is 2. The van der Waals surface area contributed by atoms with Gasteiger partial charge in [-0.15, -0.1) is 0 Å². The van der Waals surface area contributed by atoms with Crippen molar-refractivity contribution in [2.45, 2.75) is 20.0 Å². The summed E-state index contributed by atoms with van der Waals surface area (Å²) in [6.07, 6.45) is -3.10. The van der Waals surface area contributed by atoms with E-state index in [0.717, 1.165) is 24.3 Å². The minimum atomic E-state index is -4.53. The number of benzene rings is 2. The molecule has 0 radical (unpaired) electrons. The number of esters is 1. The number of nitrogens with zero attached hydrogens (tertiary/aromatic N) is 1. The first kappa shape index (κ1) is 25.4. The van der Waals surface area contributed by atoms with E-state index < -0.39 is 23.7 Å². The number of oxime groups is 1. The molecule has 0 atom stereocenters. The summed E-state index contributed by atoms with van der Waals surface area (Å²) in [5.41, 5.74) is -0.597. The Morgan fingerprint density at radius 2 is 1.70 bits per heavy atom. The second kappa shape index (κ2) is 11.2. The molecule has 2 aromatic rings. The average Bonchev–Trinajstić information content (AvgIpc) is 2.80. The van der Waals surface area contributed by atoms with Crippen molar-refractivity contribution < 1.29 is 41.8 Å². The highest BCUT2D eigenvalue weighted by Crippen LogP contribution is 2.29. The van der Waals surface area contributed by atoms with Crippen molar-refractivity contribution in [2.24, 2.45) is 5.16 Å². The fraction of sp³-hybridized carbons (Fsp3) is 0.261. The number of halogens is 3. The molecule has 0 aromatic heterocycles. The van der Waals surface area contributed by atoms with E-state index in [1.807, 2.05) is 0 Å². The fourth-order valence-electron chi connectivity index (χ4n) is 2.63. The van der Waals surface area contributed by atoms with Crippen molar-refractivity contribution in [1.82, 2.24) is 0 Å². The molecule has 0 aliphatic heterocycles. The minimum absolute atomic E-state index is 0.00131. The predicted molar refractivity (Wildman–Crippen MR) is 114 cm³/mol. The normalized spacial score (nSPS) is 12.2. The van der Waals surface area contributed by atoms with Crippen LogP contribution < -0.4 is 9.47 Å². The highest BCUT2D eigenvalue weighted by molar-refractivity contribution is 6.22. The summed E-state index contributed by atoms with van der Waals surface area (Å²) in [5.74, 6) is -0.778. The largest absolute Gasteiger partial charge is 0.497 e. The second-order valence-electron chi connectivity index (χ2n) is 6.52. The third kappa shape index (κ3) is 6.83. The monoisotopic (exact) mass is 465 g/mol. The maximum atomic E-state index is 12.7. The molecule has 0 amide bonds. The highest BCUT2D eigenvalue weighted by atomic mass is 19.4. The zero-order valence-corrected chi connectivity index (χ0v) is 18.4. The van der Waals surface area contributed by atoms with Crippen molar-refractivity contribution in [3.63, 3.8) is 0 Å². The first-order chi connectivity index (χ1) is 15.6. The molecule has 2 aromatic carbocycles. The Morgan fingerprint density at radius 3 is 2.24 bits per heavy atom. The van der Waals surface area contributed by atoms with E-state index in [1.54, 1.807) is 25.1 Å². The van der Waals surface area contributed by atoms with E-state index in [1.165, 1.54) is 27.2 Å². The topological polar surface area (TPSA) is 83.4 Å². The summed E-state index contributed by atoms with van der Waals surface area (Å²) < 4.78 is 53.6. The lowest BCUT2D eigenvalue weighted by Crippen LogP contribution is -2.15. The van der Waals surface area contributed by atoms with Crippen LogP contribution in [-0.2, 0) is 20.5 Å². The van der Waals surface area contributed by atoms with Crippen molar-refractivity contribution in [3.05, 3.63) is 64.7 Å². The SMILES string of the molecule is CCOC(=O)C(=C/c1cc(OC)ccc1OC)/C(C)=N/OC(=O)c1ccc(C(F)(F)F)cc1. The second-order valence-corrected chi connectivity index (χ2v) is 6.52. The van der Waals surface area contributed by atoms with Gasteiger partial charge in [-0.25, -0.2) is 9.59 Å². The lowest BCUT2D eigenvalue weighted by Gasteiger charge is -2.10. The van der Waals surface area contributed by atoms with Crippen LogP contribution in [0.25, 0.3) is 6.08 Å². The Bertz CT molecular complexity index is 1060. The van der Waals surface area contributed by atoms with Gasteiger partial charge >= 0.3 is 18.1 Å². The van der Waals surface area contributed by atoms with E-state index in [-0.39, 0.29) is 23.5 Å². The van der Waals surface area contributed by atoms with Gasteiger partial charge in [0.05, 0.1) is 43.2 Å². The number of hydrogen-bond acceptors (Lipinski definition) is 7. The molecule has 10 heteroatoms. The van der Waals surface area contributed by atoms with Gasteiger partial charge in [0.25, 0.3) is 0 Å². The van der Waals surface area contributed by atoms with E-state index in [9.17, 15) is 22.8 Å². The summed E-state index contributed by atoms with van der Waals surface area (Å²) in [6, 6.07) is 8.40. The van der Waals surface area contributed by atoms with Gasteiger partial charge in [-0.3, -0.25) is 0 Å². The fourth-order valence-corrected chi connectivity index (χ4v) is 2.63. The van der Waals surface area contributed by atoms with Crippen molar-refractivity contribution in [2.75, 3.05) is 20.8 Å². The number of hydrogen-bond donors (Lipinski definition) is 0. The van der Waals surface area contributed by atoms with Crippen LogP contribution in [0.2, 0.25) is 0 Å². The molecular formula is C23H22F3NO6. The number of carbonyl (C=O) groups is 2. The van der Waals surface area contributed by atoms with Crippen LogP contribution in [0.1, 0.15) is 35.3 Å². The predicted octanol–water partition coefficient (Wildman–Crippen LogP) is 4.90. The first-order valence-electron chi connectivity index (χ1n) is 9.65. The van der Waals surface area contributed by atoms with Crippen molar-refractivity contribution in [1.29, 1.82) is 0 Å². The molecular weight excluding hydrogens is 443 g/mol. The maximum absolute atomic E-state index is 12.7. The van der Waals surface area contributed by atoms with Crippen molar-refractivity contribution in [3.8, 4) is 11.5 Å². The molecule has 0 aliphatic carbocycles. The van der Waals surface area contributed by atoms with E-state index in [0.29, 0.717) is 17.1 Å². The van der Waals surface area contributed by atoms with E-state index in [2.05, 4.69) is 5.16 Å². The lowest BCUT2D eigenvalue weighted by molar-refractivity contribution is -0.138. The van der Waals surface area contributed by atoms with Crippen LogP contribution in [0.3, 0.4) is 0 Å². The molecule has 0 heterocycles. The quantitative estimate of drug-likeness (QED) is 0.181. The molecule has 0 spiro atoms. The molecule has 33 heavy (non-hydrogen) atoms. The standard InChI is InChI=1S/C23H22F3NO6/c1-5-32-22(29)19(13-16-12-18(30-3)10-11-20(16)31-4)14(2)27-33-21(28)15-6-8-17(9-7-15)23(24,25)26/h6-13H,5H2,1-4H3/b19-13+,27-14+. The molecule has 0 saturated heterocycles. The van der Waals surface area contributed by atoms with Gasteiger partial charge in [-0.2, -0.15) is 13.2 Å². The van der Waals surface area contributed by atoms with Crippen LogP contribution in [0, 0.1) is 0 Å². The van der Waals surface area contributed by atoms with E-state index >= 15 is 0 Å². The third-order valence-corrected chi connectivity index (χ3v) is 4.34. The first-order valence-corrected chi connectivity index (χ1v) is 9.65. The van der Waals surface area contributed by atoms with Gasteiger partial charge in [-0.1, -0.05) is 5.16 Å². The highest BCUT2D eigenvalue weighted by Gasteiger charge is 2.30. The summed E-state index contributed by atoms with van der Waals surface area (Å²) in [6.45, 7) is 3.12. The van der Waals surface area contributed by atoms with Crippen LogP contribution in [0.5, 0.6) is 11.5 Å². The number of ether oxygens (including phenoxy) is 3. The third-order valence-electron chi connectivity index (χ3n) is 4.34. The maximum Gasteiger partial charge on any atom is 0.416 e. The zero-order chi connectivity index (χ0) is 24.6. The molecule has 7 nitrogen and oxygen atoms in total. The Balaban J connectivity index is 2.34. The lowest BCUT2D eigenvalue weighted by atomic mass is 10.1. The molecule has 176 valence electrons. The van der Waals surface area contributed by atoms with Gasteiger partial charge in [-0.05, 0) is 62.4 Å². The smallest absolute Gasteiger partial charge is 0.416 e. The average molecular weight is 465 g/mol. The molecule has 0 aliphatic rings. The number of carbonyl (C=O) groups excluding carboxylic acids is 2. The zero-order valence-electron chi connectivity index (χ0n) is 18.4.